The Bertz CT molecular complexity index is 581. The van der Waals surface area contributed by atoms with Crippen molar-refractivity contribution in [2.75, 3.05) is 25.2 Å². The quantitative estimate of drug-likeness (QED) is 0.879. The van der Waals surface area contributed by atoms with Crippen molar-refractivity contribution in [3.8, 4) is 17.2 Å². The maximum atomic E-state index is 10.6. The molecule has 5 nitrogen and oxygen atoms in total. The van der Waals surface area contributed by atoms with E-state index in [1.165, 1.54) is 0 Å². The Kier molecular flexibility index (Phi) is 9.41. The first-order valence-corrected chi connectivity index (χ1v) is 8.65. The molecule has 0 atom stereocenters. The smallest absolute Gasteiger partial charge is 0.229 e. The van der Waals surface area contributed by atoms with Crippen LogP contribution in [0.2, 0.25) is 0 Å². The standard InChI is InChI=1S/C13H12O2.C5H9NOS.H3N/c1-14-11-7-9-13(10-8-11)15-12-5-3-2-4-6-12;7-5-4-8-3-1-2-6-5;/h2-10H,1H3;1-4H2,(H,6,7);1H3. The summed E-state index contributed by atoms with van der Waals surface area (Å²) >= 11 is 1.71. The summed E-state index contributed by atoms with van der Waals surface area (Å²) in [5.41, 5.74) is 0. The second-order valence-corrected chi connectivity index (χ2v) is 5.95. The van der Waals surface area contributed by atoms with Crippen LogP contribution >= 0.6 is 11.8 Å². The lowest BCUT2D eigenvalue weighted by Crippen LogP contribution is -2.23. The highest BCUT2D eigenvalue weighted by molar-refractivity contribution is 7.99. The van der Waals surface area contributed by atoms with E-state index in [1.807, 2.05) is 54.6 Å². The molecule has 0 aromatic heterocycles. The van der Waals surface area contributed by atoms with Crippen molar-refractivity contribution >= 4 is 17.7 Å². The minimum absolute atomic E-state index is 0. The number of para-hydroxylation sites is 1. The minimum atomic E-state index is 0. The van der Waals surface area contributed by atoms with Gasteiger partial charge in [-0.3, -0.25) is 4.79 Å². The lowest BCUT2D eigenvalue weighted by atomic mass is 10.3. The zero-order valence-corrected chi connectivity index (χ0v) is 14.7. The van der Waals surface area contributed by atoms with Crippen molar-refractivity contribution in [2.45, 2.75) is 6.42 Å². The summed E-state index contributed by atoms with van der Waals surface area (Å²) < 4.78 is 10.7. The van der Waals surface area contributed by atoms with E-state index in [9.17, 15) is 4.79 Å². The molecule has 1 amide bonds. The number of benzene rings is 2. The van der Waals surface area contributed by atoms with E-state index in [0.717, 1.165) is 36.0 Å². The summed E-state index contributed by atoms with van der Waals surface area (Å²) in [5, 5.41) is 2.78. The molecule has 0 spiro atoms. The molecule has 1 heterocycles. The molecule has 1 aliphatic heterocycles. The highest BCUT2D eigenvalue weighted by Gasteiger charge is 2.03. The first-order valence-electron chi connectivity index (χ1n) is 7.49. The number of thioether (sulfide) groups is 1. The maximum absolute atomic E-state index is 10.6. The third-order valence-electron chi connectivity index (χ3n) is 3.06. The van der Waals surface area contributed by atoms with Gasteiger partial charge in [-0.05, 0) is 48.6 Å². The Labute approximate surface area is 147 Å². The molecule has 3 rings (SSSR count). The molecule has 6 heteroatoms. The number of amides is 1. The first kappa shape index (κ1) is 19.9. The summed E-state index contributed by atoms with van der Waals surface area (Å²) in [4.78, 5) is 10.6. The third kappa shape index (κ3) is 7.39. The van der Waals surface area contributed by atoms with E-state index in [2.05, 4.69) is 5.32 Å². The van der Waals surface area contributed by atoms with Gasteiger partial charge in [0.1, 0.15) is 17.2 Å². The Morgan fingerprint density at radius 2 is 1.58 bits per heavy atom. The van der Waals surface area contributed by atoms with Gasteiger partial charge in [0.25, 0.3) is 0 Å². The van der Waals surface area contributed by atoms with Gasteiger partial charge >= 0.3 is 0 Å². The van der Waals surface area contributed by atoms with E-state index in [1.54, 1.807) is 18.9 Å². The van der Waals surface area contributed by atoms with Crippen molar-refractivity contribution in [1.29, 1.82) is 0 Å². The third-order valence-corrected chi connectivity index (χ3v) is 4.10. The van der Waals surface area contributed by atoms with Gasteiger partial charge in [-0.15, -0.1) is 0 Å². The fourth-order valence-electron chi connectivity index (χ4n) is 1.89. The van der Waals surface area contributed by atoms with Gasteiger partial charge in [0.15, 0.2) is 0 Å². The molecular weight excluding hydrogens is 324 g/mol. The maximum Gasteiger partial charge on any atom is 0.229 e. The van der Waals surface area contributed by atoms with E-state index < -0.39 is 0 Å². The summed E-state index contributed by atoms with van der Waals surface area (Å²) in [6.45, 7) is 0.867. The number of carbonyl (C=O) groups excluding carboxylic acids is 1. The summed E-state index contributed by atoms with van der Waals surface area (Å²) in [5.74, 6) is 4.44. The Morgan fingerprint density at radius 1 is 0.958 bits per heavy atom. The first-order chi connectivity index (χ1) is 11.3. The van der Waals surface area contributed by atoms with E-state index in [0.29, 0.717) is 5.75 Å². The number of hydrogen-bond donors (Lipinski definition) is 2. The zero-order valence-electron chi connectivity index (χ0n) is 13.9. The fraction of sp³-hybridized carbons (Fsp3) is 0.278. The van der Waals surface area contributed by atoms with Gasteiger partial charge < -0.3 is 20.9 Å². The molecule has 0 radical (unpaired) electrons. The van der Waals surface area contributed by atoms with Crippen LogP contribution in [0.4, 0.5) is 0 Å². The molecule has 0 unspecified atom stereocenters. The van der Waals surface area contributed by atoms with Crippen LogP contribution in [0.25, 0.3) is 0 Å². The molecule has 2 aromatic rings. The number of ether oxygens (including phenoxy) is 2. The van der Waals surface area contributed by atoms with Gasteiger partial charge in [-0.25, -0.2) is 0 Å². The molecule has 0 bridgehead atoms. The number of nitrogens with one attached hydrogen (secondary N) is 1. The molecule has 24 heavy (non-hydrogen) atoms. The van der Waals surface area contributed by atoms with Crippen molar-refractivity contribution in [1.82, 2.24) is 11.5 Å². The van der Waals surface area contributed by atoms with Crippen molar-refractivity contribution < 1.29 is 14.3 Å². The van der Waals surface area contributed by atoms with Crippen LogP contribution in [0.5, 0.6) is 17.2 Å². The zero-order chi connectivity index (χ0) is 16.3. The average molecular weight is 348 g/mol. The van der Waals surface area contributed by atoms with Crippen LogP contribution in [0, 0.1) is 0 Å². The van der Waals surface area contributed by atoms with Crippen LogP contribution in [0.15, 0.2) is 54.6 Å². The highest BCUT2D eigenvalue weighted by Crippen LogP contribution is 2.23. The van der Waals surface area contributed by atoms with Crippen LogP contribution < -0.4 is 20.9 Å². The summed E-state index contributed by atoms with van der Waals surface area (Å²) in [7, 11) is 1.65. The molecule has 130 valence electrons. The number of methoxy groups -OCH3 is 1. The number of rotatable bonds is 3. The molecule has 1 fully saturated rings. The van der Waals surface area contributed by atoms with Crippen LogP contribution in [0.3, 0.4) is 0 Å². The number of carbonyl (C=O) groups is 1. The SMILES string of the molecule is COc1ccc(Oc2ccccc2)cc1.N.O=C1CSCCCN1. The molecule has 0 saturated carbocycles. The van der Waals surface area contributed by atoms with Gasteiger partial charge in [-0.2, -0.15) is 11.8 Å². The van der Waals surface area contributed by atoms with Crippen LogP contribution in [0.1, 0.15) is 6.42 Å². The second kappa shape index (κ2) is 11.4. The highest BCUT2D eigenvalue weighted by atomic mass is 32.2. The lowest BCUT2D eigenvalue weighted by molar-refractivity contribution is -0.118. The van der Waals surface area contributed by atoms with E-state index in [4.69, 9.17) is 9.47 Å². The fourth-order valence-corrected chi connectivity index (χ4v) is 2.67. The van der Waals surface area contributed by atoms with Crippen molar-refractivity contribution in [2.24, 2.45) is 0 Å². The molecule has 2 aromatic carbocycles. The number of hydrogen-bond acceptors (Lipinski definition) is 5. The molecule has 4 N–H and O–H groups in total. The Balaban J connectivity index is 0.000000273. The van der Waals surface area contributed by atoms with Crippen LogP contribution in [-0.4, -0.2) is 31.1 Å². The van der Waals surface area contributed by atoms with Gasteiger partial charge in [0.2, 0.25) is 5.91 Å². The summed E-state index contributed by atoms with van der Waals surface area (Å²) in [6.07, 6.45) is 1.12. The van der Waals surface area contributed by atoms with Gasteiger partial charge in [0, 0.05) is 6.54 Å². The molecule has 0 aliphatic carbocycles. The van der Waals surface area contributed by atoms with Crippen molar-refractivity contribution in [3.63, 3.8) is 0 Å². The normalized spacial score (nSPS) is 13.3. The average Bonchev–Trinajstić information content (AvgIpc) is 2.85. The molecule has 1 saturated heterocycles. The Hall–Kier alpha value is -2.18. The second-order valence-electron chi connectivity index (χ2n) is 4.85. The predicted molar refractivity (Wildman–Crippen MR) is 99.5 cm³/mol. The largest absolute Gasteiger partial charge is 0.497 e. The predicted octanol–water partition coefficient (Wildman–Crippen LogP) is 3.89. The van der Waals surface area contributed by atoms with Crippen molar-refractivity contribution in [3.05, 3.63) is 54.6 Å². The topological polar surface area (TPSA) is 82.6 Å². The molecule has 1 aliphatic rings. The monoisotopic (exact) mass is 348 g/mol. The van der Waals surface area contributed by atoms with Gasteiger partial charge in [-0.1, -0.05) is 18.2 Å². The van der Waals surface area contributed by atoms with E-state index >= 15 is 0 Å². The lowest BCUT2D eigenvalue weighted by Gasteiger charge is -2.05. The van der Waals surface area contributed by atoms with Gasteiger partial charge in [0.05, 0.1) is 12.9 Å². The molecular formula is C18H24N2O3S. The van der Waals surface area contributed by atoms with E-state index in [-0.39, 0.29) is 12.1 Å². The van der Waals surface area contributed by atoms with Crippen LogP contribution in [-0.2, 0) is 4.79 Å². The summed E-state index contributed by atoms with van der Waals surface area (Å²) in [6, 6.07) is 17.2. The Morgan fingerprint density at radius 3 is 2.25 bits per heavy atom. The minimum Gasteiger partial charge on any atom is -0.497 e.